The fourth-order valence-electron chi connectivity index (χ4n) is 4.53. The predicted octanol–water partition coefficient (Wildman–Crippen LogP) is 5.50. The molecule has 0 aliphatic rings. The van der Waals surface area contributed by atoms with E-state index in [-0.39, 0.29) is 10.5 Å². The average molecular weight is 502 g/mol. The van der Waals surface area contributed by atoms with Crippen molar-refractivity contribution in [2.75, 3.05) is 21.3 Å². The molecule has 0 fully saturated rings. The number of aromatic nitrogens is 1. The first-order valence-corrected chi connectivity index (χ1v) is 12.5. The van der Waals surface area contributed by atoms with Gasteiger partial charge in [0.2, 0.25) is 0 Å². The maximum absolute atomic E-state index is 14.1. The van der Waals surface area contributed by atoms with Crippen molar-refractivity contribution in [2.45, 2.75) is 4.90 Å². The van der Waals surface area contributed by atoms with Crippen molar-refractivity contribution >= 4 is 37.8 Å². The topological polar surface area (TPSA) is 83.8 Å². The smallest absolute Gasteiger partial charge is 0.338 e. The second kappa shape index (κ2) is 9.05. The number of ether oxygens (including phenoxy) is 3. The van der Waals surface area contributed by atoms with E-state index in [1.54, 1.807) is 72.8 Å². The highest BCUT2D eigenvalue weighted by molar-refractivity contribution is 7.90. The van der Waals surface area contributed by atoms with Crippen LogP contribution in [0.1, 0.15) is 10.4 Å². The van der Waals surface area contributed by atoms with Gasteiger partial charge in [-0.1, -0.05) is 48.5 Å². The Bertz CT molecular complexity index is 1720. The first-order valence-electron chi connectivity index (χ1n) is 11.1. The van der Waals surface area contributed by atoms with E-state index in [9.17, 15) is 13.2 Å². The number of esters is 1. The van der Waals surface area contributed by atoms with Gasteiger partial charge in [0.05, 0.1) is 42.8 Å². The monoisotopic (exact) mass is 501 g/mol. The fraction of sp³-hybridized carbons (Fsp3) is 0.107. The van der Waals surface area contributed by atoms with Crippen molar-refractivity contribution in [3.8, 4) is 22.6 Å². The molecule has 0 N–H and O–H groups in total. The second-order valence-corrected chi connectivity index (χ2v) is 9.83. The van der Waals surface area contributed by atoms with E-state index >= 15 is 0 Å². The van der Waals surface area contributed by atoms with Gasteiger partial charge in [-0.3, -0.25) is 0 Å². The van der Waals surface area contributed by atoms with Gasteiger partial charge in [0.25, 0.3) is 10.0 Å². The number of fused-ring (bicyclic) bond motifs is 3. The fourth-order valence-corrected chi connectivity index (χ4v) is 6.09. The number of rotatable bonds is 6. The van der Waals surface area contributed by atoms with Crippen LogP contribution in [-0.4, -0.2) is 39.7 Å². The standard InChI is InChI=1S/C28H23NO6S/c1-33-24-16-13-18(17-25(24)34-2)26-22(28(30)35-3)15-14-21-20-11-7-8-12-23(20)29(27(21)26)36(31,32)19-9-5-4-6-10-19/h4-17H,1-3H3. The summed E-state index contributed by atoms with van der Waals surface area (Å²) in [6.07, 6.45) is 0. The molecule has 182 valence electrons. The number of carbonyl (C=O) groups is 1. The minimum Gasteiger partial charge on any atom is -0.493 e. The van der Waals surface area contributed by atoms with E-state index in [0.717, 1.165) is 5.39 Å². The molecular formula is C28H23NO6S. The van der Waals surface area contributed by atoms with Crippen LogP contribution < -0.4 is 9.47 Å². The van der Waals surface area contributed by atoms with Crippen molar-refractivity contribution in [1.82, 2.24) is 3.97 Å². The number of methoxy groups -OCH3 is 3. The minimum atomic E-state index is -4.05. The van der Waals surface area contributed by atoms with Gasteiger partial charge in [0.1, 0.15) is 0 Å². The summed E-state index contributed by atoms with van der Waals surface area (Å²) in [6.45, 7) is 0. The van der Waals surface area contributed by atoms with Gasteiger partial charge in [0, 0.05) is 16.3 Å². The third-order valence-electron chi connectivity index (χ3n) is 6.15. The van der Waals surface area contributed by atoms with E-state index in [1.165, 1.54) is 25.3 Å². The van der Waals surface area contributed by atoms with E-state index in [4.69, 9.17) is 14.2 Å². The van der Waals surface area contributed by atoms with Crippen molar-refractivity contribution in [2.24, 2.45) is 0 Å². The number of benzene rings is 4. The second-order valence-electron chi connectivity index (χ2n) is 8.05. The normalized spacial score (nSPS) is 11.5. The zero-order chi connectivity index (χ0) is 25.4. The van der Waals surface area contributed by atoms with E-state index < -0.39 is 16.0 Å². The molecule has 0 unspecified atom stereocenters. The summed E-state index contributed by atoms with van der Waals surface area (Å²) in [5.41, 5.74) is 2.08. The Hall–Kier alpha value is -4.30. The zero-order valence-corrected chi connectivity index (χ0v) is 20.7. The van der Waals surface area contributed by atoms with Gasteiger partial charge < -0.3 is 14.2 Å². The van der Waals surface area contributed by atoms with Crippen LogP contribution in [0.4, 0.5) is 0 Å². The maximum Gasteiger partial charge on any atom is 0.338 e. The molecular weight excluding hydrogens is 478 g/mol. The third-order valence-corrected chi connectivity index (χ3v) is 7.88. The van der Waals surface area contributed by atoms with Gasteiger partial charge >= 0.3 is 5.97 Å². The van der Waals surface area contributed by atoms with Crippen LogP contribution in [0.3, 0.4) is 0 Å². The Labute approximate surface area is 208 Å². The number of hydrogen-bond donors (Lipinski definition) is 0. The molecule has 0 radical (unpaired) electrons. The molecule has 0 spiro atoms. The summed E-state index contributed by atoms with van der Waals surface area (Å²) in [4.78, 5) is 13.1. The first kappa shape index (κ1) is 23.4. The predicted molar refractivity (Wildman–Crippen MR) is 138 cm³/mol. The van der Waals surface area contributed by atoms with Crippen LogP contribution in [0.2, 0.25) is 0 Å². The van der Waals surface area contributed by atoms with E-state index in [0.29, 0.717) is 39.0 Å². The van der Waals surface area contributed by atoms with Gasteiger partial charge in [-0.25, -0.2) is 17.2 Å². The highest BCUT2D eigenvalue weighted by atomic mass is 32.2. The van der Waals surface area contributed by atoms with Crippen LogP contribution in [-0.2, 0) is 14.8 Å². The lowest BCUT2D eigenvalue weighted by Crippen LogP contribution is -2.14. The van der Waals surface area contributed by atoms with Gasteiger partial charge in [-0.2, -0.15) is 0 Å². The average Bonchev–Trinajstić information content (AvgIpc) is 3.27. The third kappa shape index (κ3) is 3.58. The van der Waals surface area contributed by atoms with Crippen molar-refractivity contribution in [1.29, 1.82) is 0 Å². The van der Waals surface area contributed by atoms with Crippen LogP contribution in [0.5, 0.6) is 11.5 Å². The highest BCUT2D eigenvalue weighted by Crippen LogP contribution is 2.42. The lowest BCUT2D eigenvalue weighted by Gasteiger charge is -2.16. The summed E-state index contributed by atoms with van der Waals surface area (Å²) >= 11 is 0. The Morgan fingerprint density at radius 2 is 1.44 bits per heavy atom. The molecule has 1 aromatic heterocycles. The number of para-hydroxylation sites is 1. The summed E-state index contributed by atoms with van der Waals surface area (Å²) in [5.74, 6) is 0.359. The van der Waals surface area contributed by atoms with Gasteiger partial charge in [0.15, 0.2) is 11.5 Å². The summed E-state index contributed by atoms with van der Waals surface area (Å²) < 4.78 is 45.4. The summed E-state index contributed by atoms with van der Waals surface area (Å²) in [5, 5.41) is 1.42. The molecule has 0 aliphatic carbocycles. The first-order chi connectivity index (χ1) is 17.4. The van der Waals surface area contributed by atoms with E-state index in [1.807, 2.05) is 12.1 Å². The molecule has 0 saturated heterocycles. The van der Waals surface area contributed by atoms with Crippen LogP contribution >= 0.6 is 0 Å². The van der Waals surface area contributed by atoms with Crippen LogP contribution in [0.25, 0.3) is 32.9 Å². The lowest BCUT2D eigenvalue weighted by molar-refractivity contribution is 0.0601. The number of nitrogens with zero attached hydrogens (tertiary/aromatic N) is 1. The molecule has 7 nitrogen and oxygen atoms in total. The molecule has 36 heavy (non-hydrogen) atoms. The SMILES string of the molecule is COC(=O)c1ccc2c3ccccc3n(S(=O)(=O)c3ccccc3)c2c1-c1ccc(OC)c(OC)c1. The molecule has 0 aliphatic heterocycles. The molecule has 0 saturated carbocycles. The minimum absolute atomic E-state index is 0.134. The van der Waals surface area contributed by atoms with Crippen molar-refractivity contribution < 1.29 is 27.4 Å². The van der Waals surface area contributed by atoms with Gasteiger partial charge in [-0.15, -0.1) is 0 Å². The van der Waals surface area contributed by atoms with Crippen LogP contribution in [0.15, 0.2) is 89.8 Å². The maximum atomic E-state index is 14.1. The number of carbonyl (C=O) groups excluding carboxylic acids is 1. The zero-order valence-electron chi connectivity index (χ0n) is 19.9. The molecule has 5 aromatic rings. The lowest BCUT2D eigenvalue weighted by atomic mass is 9.96. The molecule has 1 heterocycles. The largest absolute Gasteiger partial charge is 0.493 e. The Morgan fingerprint density at radius 1 is 0.750 bits per heavy atom. The molecule has 5 rings (SSSR count). The van der Waals surface area contributed by atoms with Crippen molar-refractivity contribution in [3.05, 3.63) is 90.5 Å². The molecule has 0 amide bonds. The summed E-state index contributed by atoms with van der Waals surface area (Å²) in [6, 6.07) is 24.1. The number of hydrogen-bond acceptors (Lipinski definition) is 6. The molecule has 8 heteroatoms. The van der Waals surface area contributed by atoms with E-state index in [2.05, 4.69) is 0 Å². The Balaban J connectivity index is 2.00. The Kier molecular flexibility index (Phi) is 5.89. The molecule has 4 aromatic carbocycles. The van der Waals surface area contributed by atoms with Crippen molar-refractivity contribution in [3.63, 3.8) is 0 Å². The highest BCUT2D eigenvalue weighted by Gasteiger charge is 2.28. The molecule has 0 bridgehead atoms. The van der Waals surface area contributed by atoms with Crippen LogP contribution in [0, 0.1) is 0 Å². The summed E-state index contributed by atoms with van der Waals surface area (Å²) in [7, 11) is 0.289. The van der Waals surface area contributed by atoms with Gasteiger partial charge in [-0.05, 0) is 42.0 Å². The molecule has 0 atom stereocenters. The Morgan fingerprint density at radius 3 is 2.14 bits per heavy atom. The quantitative estimate of drug-likeness (QED) is 0.286.